The Balaban J connectivity index is 4.30. The van der Waals surface area contributed by atoms with E-state index < -0.39 is 6.10 Å². The molecule has 0 rings (SSSR count). The quantitative estimate of drug-likeness (QED) is 0.0348. The van der Waals surface area contributed by atoms with Crippen LogP contribution in [0.2, 0.25) is 0 Å². The number of carbonyl (C=O) groups is 3. The van der Waals surface area contributed by atoms with Gasteiger partial charge in [-0.25, -0.2) is 0 Å². The lowest BCUT2D eigenvalue weighted by Crippen LogP contribution is -2.30. The predicted molar refractivity (Wildman–Crippen MR) is 233 cm³/mol. The number of hydrogen-bond acceptors (Lipinski definition) is 6. The van der Waals surface area contributed by atoms with Crippen LogP contribution in [0.1, 0.15) is 272 Å². The van der Waals surface area contributed by atoms with Crippen molar-refractivity contribution in [2.75, 3.05) is 13.2 Å². The molecule has 0 aromatic carbocycles. The van der Waals surface area contributed by atoms with E-state index in [1.54, 1.807) is 0 Å². The average molecular weight is 779 g/mol. The van der Waals surface area contributed by atoms with Gasteiger partial charge in [-0.3, -0.25) is 14.4 Å². The third kappa shape index (κ3) is 41.9. The van der Waals surface area contributed by atoms with Crippen molar-refractivity contribution in [3.05, 3.63) is 0 Å². The first-order chi connectivity index (χ1) is 26.9. The van der Waals surface area contributed by atoms with Gasteiger partial charge in [-0.05, 0) is 25.2 Å². The Labute approximate surface area is 342 Å². The van der Waals surface area contributed by atoms with E-state index in [2.05, 4.69) is 27.7 Å². The fourth-order valence-electron chi connectivity index (χ4n) is 7.30. The molecule has 0 fully saturated rings. The monoisotopic (exact) mass is 779 g/mol. The number of esters is 3. The van der Waals surface area contributed by atoms with Crippen molar-refractivity contribution in [3.8, 4) is 0 Å². The van der Waals surface area contributed by atoms with Crippen LogP contribution in [0.3, 0.4) is 0 Å². The lowest BCUT2D eigenvalue weighted by Gasteiger charge is -2.18. The first-order valence-electron chi connectivity index (χ1n) is 24.4. The molecule has 0 aliphatic heterocycles. The Bertz CT molecular complexity index is 828. The maximum Gasteiger partial charge on any atom is 0.306 e. The van der Waals surface area contributed by atoms with Crippen molar-refractivity contribution in [2.24, 2.45) is 5.92 Å². The smallest absolute Gasteiger partial charge is 0.306 e. The fraction of sp³-hybridized carbons (Fsp3) is 0.939. The predicted octanol–water partition coefficient (Wildman–Crippen LogP) is 15.5. The second-order valence-electron chi connectivity index (χ2n) is 17.0. The summed E-state index contributed by atoms with van der Waals surface area (Å²) < 4.78 is 16.7. The zero-order chi connectivity index (χ0) is 40.3. The van der Waals surface area contributed by atoms with Crippen LogP contribution in [0.15, 0.2) is 0 Å². The van der Waals surface area contributed by atoms with Crippen LogP contribution in [0, 0.1) is 5.92 Å². The summed E-state index contributed by atoms with van der Waals surface area (Å²) >= 11 is 0. The second-order valence-corrected chi connectivity index (χ2v) is 17.0. The SMILES string of the molecule is CCCCCCCCCCCCCCCCCCC(=O)O[C@H](COC(=O)CCCCCCCCCCCCC)COC(=O)CCCCCCCCC(C)CC. The van der Waals surface area contributed by atoms with Gasteiger partial charge in [0.1, 0.15) is 13.2 Å². The molecule has 0 N–H and O–H groups in total. The molecule has 1 unspecified atom stereocenters. The van der Waals surface area contributed by atoms with Crippen LogP contribution in [0.25, 0.3) is 0 Å². The van der Waals surface area contributed by atoms with Gasteiger partial charge in [0.15, 0.2) is 6.10 Å². The molecular formula is C49H94O6. The largest absolute Gasteiger partial charge is 0.462 e. The summed E-state index contributed by atoms with van der Waals surface area (Å²) in [5.74, 6) is -0.0381. The number of ether oxygens (including phenoxy) is 3. The van der Waals surface area contributed by atoms with E-state index in [4.69, 9.17) is 14.2 Å². The first-order valence-corrected chi connectivity index (χ1v) is 24.4. The summed E-state index contributed by atoms with van der Waals surface area (Å²) in [5.41, 5.74) is 0. The summed E-state index contributed by atoms with van der Waals surface area (Å²) in [4.78, 5) is 37.8. The van der Waals surface area contributed by atoms with Gasteiger partial charge in [-0.2, -0.15) is 0 Å². The molecule has 2 atom stereocenters. The Hall–Kier alpha value is -1.59. The van der Waals surface area contributed by atoms with Gasteiger partial charge < -0.3 is 14.2 Å². The number of hydrogen-bond donors (Lipinski definition) is 0. The van der Waals surface area contributed by atoms with E-state index in [0.717, 1.165) is 63.7 Å². The van der Waals surface area contributed by atoms with E-state index in [0.29, 0.717) is 19.3 Å². The van der Waals surface area contributed by atoms with Crippen LogP contribution in [0.4, 0.5) is 0 Å². The minimum absolute atomic E-state index is 0.0640. The summed E-state index contributed by atoms with van der Waals surface area (Å²) in [6, 6.07) is 0. The number of unbranched alkanes of at least 4 members (excludes halogenated alkanes) is 30. The highest BCUT2D eigenvalue weighted by molar-refractivity contribution is 5.71. The molecule has 0 heterocycles. The highest BCUT2D eigenvalue weighted by atomic mass is 16.6. The number of carbonyl (C=O) groups excluding carboxylic acids is 3. The molecule has 6 nitrogen and oxygen atoms in total. The van der Waals surface area contributed by atoms with Crippen LogP contribution < -0.4 is 0 Å². The second kappa shape index (κ2) is 43.5. The van der Waals surface area contributed by atoms with E-state index in [-0.39, 0.29) is 31.1 Å². The summed E-state index contributed by atoms with van der Waals surface area (Å²) in [5, 5.41) is 0. The van der Waals surface area contributed by atoms with Crippen LogP contribution >= 0.6 is 0 Å². The molecule has 0 bridgehead atoms. The van der Waals surface area contributed by atoms with Crippen molar-refractivity contribution in [3.63, 3.8) is 0 Å². The molecule has 0 amide bonds. The van der Waals surface area contributed by atoms with Gasteiger partial charge >= 0.3 is 17.9 Å². The third-order valence-electron chi connectivity index (χ3n) is 11.4. The minimum atomic E-state index is -0.760. The molecule has 0 aliphatic carbocycles. The van der Waals surface area contributed by atoms with Crippen LogP contribution in [0.5, 0.6) is 0 Å². The molecule has 6 heteroatoms. The molecule has 0 aliphatic rings. The van der Waals surface area contributed by atoms with Crippen LogP contribution in [-0.2, 0) is 28.6 Å². The topological polar surface area (TPSA) is 78.9 Å². The molecule has 0 spiro atoms. The highest BCUT2D eigenvalue weighted by Crippen LogP contribution is 2.17. The Morgan fingerprint density at radius 1 is 0.364 bits per heavy atom. The van der Waals surface area contributed by atoms with E-state index in [1.807, 2.05) is 0 Å². The normalized spacial score (nSPS) is 12.4. The van der Waals surface area contributed by atoms with Gasteiger partial charge in [0.25, 0.3) is 0 Å². The van der Waals surface area contributed by atoms with E-state index in [1.165, 1.54) is 167 Å². The van der Waals surface area contributed by atoms with E-state index in [9.17, 15) is 14.4 Å². The Morgan fingerprint density at radius 3 is 0.945 bits per heavy atom. The van der Waals surface area contributed by atoms with Crippen molar-refractivity contribution in [1.29, 1.82) is 0 Å². The molecule has 0 saturated heterocycles. The minimum Gasteiger partial charge on any atom is -0.462 e. The van der Waals surface area contributed by atoms with Crippen molar-refractivity contribution < 1.29 is 28.6 Å². The molecule has 0 aromatic heterocycles. The van der Waals surface area contributed by atoms with Crippen molar-refractivity contribution in [2.45, 2.75) is 278 Å². The Kier molecular flexibility index (Phi) is 42.3. The molecular weight excluding hydrogens is 685 g/mol. The number of rotatable bonds is 44. The fourth-order valence-corrected chi connectivity index (χ4v) is 7.30. The third-order valence-corrected chi connectivity index (χ3v) is 11.4. The van der Waals surface area contributed by atoms with Crippen LogP contribution in [-0.4, -0.2) is 37.2 Å². The van der Waals surface area contributed by atoms with Gasteiger partial charge in [0, 0.05) is 19.3 Å². The van der Waals surface area contributed by atoms with Crippen molar-refractivity contribution in [1.82, 2.24) is 0 Å². The zero-order valence-corrected chi connectivity index (χ0v) is 37.4. The summed E-state index contributed by atoms with van der Waals surface area (Å²) in [7, 11) is 0. The summed E-state index contributed by atoms with van der Waals surface area (Å²) in [6.07, 6.45) is 43.7. The average Bonchev–Trinajstić information content (AvgIpc) is 3.18. The van der Waals surface area contributed by atoms with Gasteiger partial charge in [0.2, 0.25) is 0 Å². The zero-order valence-electron chi connectivity index (χ0n) is 37.4. The molecule has 326 valence electrons. The maximum absolute atomic E-state index is 12.7. The molecule has 0 radical (unpaired) electrons. The van der Waals surface area contributed by atoms with Gasteiger partial charge in [-0.15, -0.1) is 0 Å². The molecule has 55 heavy (non-hydrogen) atoms. The maximum atomic E-state index is 12.7. The van der Waals surface area contributed by atoms with Crippen molar-refractivity contribution >= 4 is 17.9 Å². The highest BCUT2D eigenvalue weighted by Gasteiger charge is 2.19. The van der Waals surface area contributed by atoms with Gasteiger partial charge in [0.05, 0.1) is 0 Å². The summed E-state index contributed by atoms with van der Waals surface area (Å²) in [6.45, 7) is 8.98. The molecule has 0 aromatic rings. The lowest BCUT2D eigenvalue weighted by atomic mass is 10.00. The van der Waals surface area contributed by atoms with E-state index >= 15 is 0 Å². The lowest BCUT2D eigenvalue weighted by molar-refractivity contribution is -0.167. The first kappa shape index (κ1) is 53.4. The van der Waals surface area contributed by atoms with Gasteiger partial charge in [-0.1, -0.05) is 233 Å². The Morgan fingerprint density at radius 2 is 0.636 bits per heavy atom. The standard InChI is InChI=1S/C49H94O6/c1-5-8-10-12-14-16-18-19-20-21-22-24-26-28-34-38-42-49(52)55-46(44-54-48(51)41-37-33-30-29-31-35-39-45(4)7-3)43-53-47(50)40-36-32-27-25-23-17-15-13-11-9-6-2/h45-46H,5-44H2,1-4H3/t45?,46-/m1/s1. The molecule has 0 saturated carbocycles.